The molecule has 0 radical (unpaired) electrons. The Hall–Kier alpha value is -1.37. The van der Waals surface area contributed by atoms with Crippen molar-refractivity contribution in [2.75, 3.05) is 5.75 Å². The van der Waals surface area contributed by atoms with Crippen LogP contribution in [0.15, 0.2) is 0 Å². The van der Waals surface area contributed by atoms with Gasteiger partial charge in [-0.15, -0.1) is 0 Å². The number of hydrogen-bond acceptors (Lipinski definition) is 4. The summed E-state index contributed by atoms with van der Waals surface area (Å²) in [5, 5.41) is 15.1. The Morgan fingerprint density at radius 2 is 2.27 bits per heavy atom. The van der Waals surface area contributed by atoms with E-state index in [1.807, 2.05) is 0 Å². The van der Waals surface area contributed by atoms with E-state index < -0.39 is 15.8 Å². The maximum atomic E-state index is 11.4. The summed E-state index contributed by atoms with van der Waals surface area (Å²) in [6.45, 7) is 0. The molecule has 7 heteroatoms. The first kappa shape index (κ1) is 10.2. The lowest BCUT2D eigenvalue weighted by atomic mass is 10.1. The molecule has 0 saturated carbocycles. The minimum Gasteiger partial charge on any atom is -0.481 e. The first-order chi connectivity index (χ1) is 6.98. The molecule has 0 atom stereocenters. The molecule has 2 rings (SSSR count). The molecule has 0 spiro atoms. The van der Waals surface area contributed by atoms with Crippen molar-refractivity contribution in [3.8, 4) is 0 Å². The molecule has 2 N–H and O–H groups in total. The topological polar surface area (TPSA) is 100 Å². The lowest BCUT2D eigenvalue weighted by Crippen LogP contribution is -2.19. The third kappa shape index (κ3) is 2.01. The SMILES string of the molecule is O=C(O)Cc1n[nH]c2c1CS(=O)(=O)CC2. The second kappa shape index (κ2) is 3.34. The molecule has 0 bridgehead atoms. The first-order valence-corrected chi connectivity index (χ1v) is 6.27. The number of aromatic amines is 1. The zero-order chi connectivity index (χ0) is 11.1. The van der Waals surface area contributed by atoms with E-state index in [0.29, 0.717) is 17.7 Å². The molecule has 1 aliphatic rings. The standard InChI is InChI=1S/C8H10N2O4S/c11-8(12)3-7-5-4-15(13,14)2-1-6(5)9-10-7/h1-4H2,(H,9,10)(H,11,12). The number of aliphatic carboxylic acids is 1. The molecule has 15 heavy (non-hydrogen) atoms. The Kier molecular flexibility index (Phi) is 2.26. The van der Waals surface area contributed by atoms with Crippen LogP contribution in [0.4, 0.5) is 0 Å². The van der Waals surface area contributed by atoms with E-state index in [0.717, 1.165) is 5.69 Å². The largest absolute Gasteiger partial charge is 0.481 e. The molecule has 6 nitrogen and oxygen atoms in total. The highest BCUT2D eigenvalue weighted by atomic mass is 32.2. The molecule has 2 heterocycles. The van der Waals surface area contributed by atoms with Gasteiger partial charge in [-0.2, -0.15) is 5.10 Å². The van der Waals surface area contributed by atoms with Gasteiger partial charge >= 0.3 is 5.97 Å². The fourth-order valence-corrected chi connectivity index (χ4v) is 3.10. The monoisotopic (exact) mass is 230 g/mol. The normalized spacial score (nSPS) is 18.4. The van der Waals surface area contributed by atoms with E-state index >= 15 is 0 Å². The second-order valence-corrected chi connectivity index (χ2v) is 5.72. The Labute approximate surface area is 86.2 Å². The second-order valence-electron chi connectivity index (χ2n) is 3.54. The molecule has 1 aliphatic heterocycles. The van der Waals surface area contributed by atoms with Crippen LogP contribution < -0.4 is 0 Å². The van der Waals surface area contributed by atoms with Crippen LogP contribution >= 0.6 is 0 Å². The predicted molar refractivity (Wildman–Crippen MR) is 51.1 cm³/mol. The number of aromatic nitrogens is 2. The van der Waals surface area contributed by atoms with E-state index in [-0.39, 0.29) is 17.9 Å². The van der Waals surface area contributed by atoms with Crippen molar-refractivity contribution in [2.24, 2.45) is 0 Å². The van der Waals surface area contributed by atoms with Crippen molar-refractivity contribution in [3.05, 3.63) is 17.0 Å². The average Bonchev–Trinajstić information content (AvgIpc) is 2.46. The molecule has 0 aromatic carbocycles. The zero-order valence-corrected chi connectivity index (χ0v) is 8.67. The van der Waals surface area contributed by atoms with Gasteiger partial charge in [0.15, 0.2) is 9.84 Å². The van der Waals surface area contributed by atoms with Gasteiger partial charge in [-0.25, -0.2) is 8.42 Å². The lowest BCUT2D eigenvalue weighted by Gasteiger charge is -2.11. The van der Waals surface area contributed by atoms with Crippen molar-refractivity contribution in [2.45, 2.75) is 18.6 Å². The average molecular weight is 230 g/mol. The maximum Gasteiger partial charge on any atom is 0.309 e. The van der Waals surface area contributed by atoms with Crippen molar-refractivity contribution < 1.29 is 18.3 Å². The number of H-pyrrole nitrogens is 1. The summed E-state index contributed by atoms with van der Waals surface area (Å²) in [5.74, 6) is -0.997. The van der Waals surface area contributed by atoms with E-state index in [4.69, 9.17) is 5.11 Å². The van der Waals surface area contributed by atoms with Crippen molar-refractivity contribution >= 4 is 15.8 Å². The van der Waals surface area contributed by atoms with Crippen molar-refractivity contribution in [1.29, 1.82) is 0 Å². The number of carboxylic acid groups (broad SMARTS) is 1. The summed E-state index contributed by atoms with van der Waals surface area (Å²) in [6.07, 6.45) is 0.158. The smallest absolute Gasteiger partial charge is 0.309 e. The van der Waals surface area contributed by atoms with Gasteiger partial charge in [-0.3, -0.25) is 9.89 Å². The van der Waals surface area contributed by atoms with Crippen molar-refractivity contribution in [3.63, 3.8) is 0 Å². The van der Waals surface area contributed by atoms with Gasteiger partial charge in [-0.1, -0.05) is 0 Å². The fraction of sp³-hybridized carbons (Fsp3) is 0.500. The molecule has 1 aromatic rings. The molecule has 0 unspecified atom stereocenters. The minimum atomic E-state index is -3.08. The van der Waals surface area contributed by atoms with Crippen molar-refractivity contribution in [1.82, 2.24) is 10.2 Å². The van der Waals surface area contributed by atoms with E-state index in [2.05, 4.69) is 10.2 Å². The predicted octanol–water partition coefficient (Wildman–Crippen LogP) is -0.492. The Morgan fingerprint density at radius 3 is 2.93 bits per heavy atom. The number of nitrogens with one attached hydrogen (secondary N) is 1. The highest BCUT2D eigenvalue weighted by Crippen LogP contribution is 2.22. The van der Waals surface area contributed by atoms with Gasteiger partial charge in [0.1, 0.15) is 0 Å². The van der Waals surface area contributed by atoms with E-state index in [1.54, 1.807) is 0 Å². The number of carbonyl (C=O) groups is 1. The van der Waals surface area contributed by atoms with Gasteiger partial charge in [-0.05, 0) is 0 Å². The molecule has 0 aliphatic carbocycles. The first-order valence-electron chi connectivity index (χ1n) is 4.45. The summed E-state index contributed by atoms with van der Waals surface area (Å²) in [6, 6.07) is 0. The van der Waals surface area contributed by atoms with Crippen LogP contribution in [-0.2, 0) is 33.2 Å². The molecule has 1 aromatic heterocycles. The summed E-state index contributed by atoms with van der Waals surface area (Å²) in [5.41, 5.74) is 1.63. The van der Waals surface area contributed by atoms with Crippen LogP contribution in [0.1, 0.15) is 17.0 Å². The number of nitrogens with zero attached hydrogens (tertiary/aromatic N) is 1. The Balaban J connectivity index is 2.37. The number of sulfone groups is 1. The van der Waals surface area contributed by atoms with E-state index in [9.17, 15) is 13.2 Å². The van der Waals surface area contributed by atoms with Crippen LogP contribution in [-0.4, -0.2) is 35.4 Å². The fourth-order valence-electron chi connectivity index (χ4n) is 1.66. The molecular formula is C8H10N2O4S. The number of fused-ring (bicyclic) bond motifs is 1. The van der Waals surface area contributed by atoms with Gasteiger partial charge in [0, 0.05) is 17.7 Å². The zero-order valence-electron chi connectivity index (χ0n) is 7.86. The highest BCUT2D eigenvalue weighted by Gasteiger charge is 2.26. The maximum absolute atomic E-state index is 11.4. The van der Waals surface area contributed by atoms with Crippen LogP contribution in [0.5, 0.6) is 0 Å². The van der Waals surface area contributed by atoms with Gasteiger partial charge < -0.3 is 5.11 Å². The lowest BCUT2D eigenvalue weighted by molar-refractivity contribution is -0.136. The number of carboxylic acids is 1. The third-order valence-corrected chi connectivity index (χ3v) is 3.94. The molecule has 0 saturated heterocycles. The quantitative estimate of drug-likeness (QED) is 0.714. The number of aryl methyl sites for hydroxylation is 1. The summed E-state index contributed by atoms with van der Waals surface area (Å²) >= 11 is 0. The number of hydrogen-bond donors (Lipinski definition) is 2. The minimum absolute atomic E-state index is 0.0958. The molecule has 0 amide bonds. The summed E-state index contributed by atoms with van der Waals surface area (Å²) in [7, 11) is -3.08. The van der Waals surface area contributed by atoms with Crippen LogP contribution in [0.3, 0.4) is 0 Å². The van der Waals surface area contributed by atoms with Gasteiger partial charge in [0.05, 0.1) is 23.6 Å². The Bertz CT molecular complexity index is 503. The van der Waals surface area contributed by atoms with E-state index in [1.165, 1.54) is 0 Å². The molecular weight excluding hydrogens is 220 g/mol. The summed E-state index contributed by atoms with van der Waals surface area (Å²) in [4.78, 5) is 10.5. The molecule has 82 valence electrons. The third-order valence-electron chi connectivity index (χ3n) is 2.38. The highest BCUT2D eigenvalue weighted by molar-refractivity contribution is 7.90. The summed E-state index contributed by atoms with van der Waals surface area (Å²) < 4.78 is 22.7. The number of rotatable bonds is 2. The van der Waals surface area contributed by atoms with Crippen LogP contribution in [0, 0.1) is 0 Å². The Morgan fingerprint density at radius 1 is 1.53 bits per heavy atom. The van der Waals surface area contributed by atoms with Gasteiger partial charge in [0.25, 0.3) is 0 Å². The van der Waals surface area contributed by atoms with Crippen LogP contribution in [0.25, 0.3) is 0 Å². The van der Waals surface area contributed by atoms with Gasteiger partial charge in [0.2, 0.25) is 0 Å². The molecule has 0 fully saturated rings. The van der Waals surface area contributed by atoms with Crippen LogP contribution in [0.2, 0.25) is 0 Å².